The molecule has 8 heteroatoms. The van der Waals surface area contributed by atoms with Crippen LogP contribution in [-0.4, -0.2) is 20.7 Å². The smallest absolute Gasteiger partial charge is 0.251 e. The fourth-order valence-electron chi connectivity index (χ4n) is 2.59. The molecule has 1 amide bonds. The summed E-state index contributed by atoms with van der Waals surface area (Å²) >= 11 is 4.77. The molecule has 1 N–H and O–H groups in total. The number of halogens is 2. The first-order valence-corrected chi connectivity index (χ1v) is 9.66. The minimum absolute atomic E-state index is 0.219. The molecule has 138 valence electrons. The van der Waals surface area contributed by atoms with E-state index >= 15 is 0 Å². The van der Waals surface area contributed by atoms with E-state index < -0.39 is 0 Å². The first-order chi connectivity index (χ1) is 13.0. The van der Waals surface area contributed by atoms with Crippen molar-refractivity contribution in [1.82, 2.24) is 20.1 Å². The monoisotopic (exact) mass is 446 g/mol. The van der Waals surface area contributed by atoms with Crippen LogP contribution in [0.3, 0.4) is 0 Å². The van der Waals surface area contributed by atoms with Gasteiger partial charge in [-0.3, -0.25) is 4.79 Å². The van der Waals surface area contributed by atoms with Crippen molar-refractivity contribution in [3.8, 4) is 5.69 Å². The number of nitrogens with zero attached hydrogens (tertiary/aromatic N) is 3. The van der Waals surface area contributed by atoms with Crippen LogP contribution in [0.15, 0.2) is 53.2 Å². The van der Waals surface area contributed by atoms with Crippen LogP contribution >= 0.6 is 27.3 Å². The molecule has 27 heavy (non-hydrogen) atoms. The van der Waals surface area contributed by atoms with E-state index in [4.69, 9.17) is 0 Å². The molecule has 0 bridgehead atoms. The molecule has 3 aromatic rings. The quantitative estimate of drug-likeness (QED) is 0.563. The topological polar surface area (TPSA) is 59.8 Å². The Hall–Kier alpha value is -2.58. The van der Waals surface area contributed by atoms with Crippen LogP contribution in [-0.2, 0) is 11.3 Å². The molecular weight excluding hydrogens is 431 g/mol. The van der Waals surface area contributed by atoms with Crippen molar-refractivity contribution < 1.29 is 9.18 Å². The second-order valence-corrected chi connectivity index (χ2v) is 7.89. The van der Waals surface area contributed by atoms with Gasteiger partial charge in [0.05, 0.1) is 24.1 Å². The van der Waals surface area contributed by atoms with Gasteiger partial charge >= 0.3 is 0 Å². The zero-order valence-electron chi connectivity index (χ0n) is 14.4. The van der Waals surface area contributed by atoms with Gasteiger partial charge in [-0.05, 0) is 53.2 Å². The maximum absolute atomic E-state index is 13.2. The Balaban J connectivity index is 1.85. The lowest BCUT2D eigenvalue weighted by molar-refractivity contribution is -0.115. The Bertz CT molecular complexity index is 1010. The van der Waals surface area contributed by atoms with E-state index in [2.05, 4.69) is 37.9 Å². The van der Waals surface area contributed by atoms with Crippen molar-refractivity contribution in [1.29, 1.82) is 0 Å². The predicted octanol–water partition coefficient (Wildman–Crippen LogP) is 4.59. The molecule has 3 rings (SSSR count). The van der Waals surface area contributed by atoms with E-state index in [9.17, 15) is 9.18 Å². The fraction of sp³-hybridized carbons (Fsp3) is 0.105. The number of hydrogen-bond donors (Lipinski definition) is 1. The highest BCUT2D eigenvalue weighted by Gasteiger charge is 2.18. The van der Waals surface area contributed by atoms with E-state index in [0.29, 0.717) is 29.1 Å². The number of aromatic nitrogens is 3. The normalized spacial score (nSPS) is 11.4. The summed E-state index contributed by atoms with van der Waals surface area (Å²) in [7, 11) is 0. The van der Waals surface area contributed by atoms with E-state index in [1.54, 1.807) is 48.3 Å². The molecule has 0 aliphatic carbocycles. The summed E-state index contributed by atoms with van der Waals surface area (Å²) in [6, 6.07) is 5.96. The highest BCUT2D eigenvalue weighted by Crippen LogP contribution is 2.24. The van der Waals surface area contributed by atoms with Crippen LogP contribution in [0.25, 0.3) is 17.3 Å². The summed E-state index contributed by atoms with van der Waals surface area (Å²) in [5.74, 6) is -0.543. The molecule has 0 spiro atoms. The van der Waals surface area contributed by atoms with Crippen molar-refractivity contribution >= 4 is 44.8 Å². The lowest BCUT2D eigenvalue weighted by Gasteiger charge is -2.09. The summed E-state index contributed by atoms with van der Waals surface area (Å²) in [5.41, 5.74) is 2.48. The van der Waals surface area contributed by atoms with E-state index in [-0.39, 0.29) is 11.7 Å². The molecular formula is C19H16BrFN4OS. The Morgan fingerprint density at radius 1 is 1.37 bits per heavy atom. The van der Waals surface area contributed by atoms with Crippen LogP contribution in [0.1, 0.15) is 23.1 Å². The molecule has 2 aromatic heterocycles. The van der Waals surface area contributed by atoms with Crippen molar-refractivity contribution in [3.05, 3.63) is 75.2 Å². The predicted molar refractivity (Wildman–Crippen MR) is 109 cm³/mol. The molecule has 0 aliphatic rings. The third kappa shape index (κ3) is 4.23. The molecule has 0 saturated carbocycles. The van der Waals surface area contributed by atoms with E-state index in [1.807, 2.05) is 0 Å². The molecule has 1 aromatic carbocycles. The lowest BCUT2D eigenvalue weighted by Crippen LogP contribution is -2.23. The fourth-order valence-corrected chi connectivity index (χ4v) is 3.88. The number of benzene rings is 1. The van der Waals surface area contributed by atoms with Gasteiger partial charge < -0.3 is 5.32 Å². The largest absolute Gasteiger partial charge is 0.347 e. The third-order valence-corrected chi connectivity index (χ3v) is 5.32. The Kier molecular flexibility index (Phi) is 5.98. The van der Waals surface area contributed by atoms with Crippen LogP contribution in [0.5, 0.6) is 0 Å². The number of thiazole rings is 1. The molecule has 0 radical (unpaired) electrons. The van der Waals surface area contributed by atoms with Gasteiger partial charge in [-0.15, -0.1) is 11.3 Å². The number of nitrogens with one attached hydrogen (secondary N) is 1. The zero-order valence-corrected chi connectivity index (χ0v) is 16.8. The van der Waals surface area contributed by atoms with Crippen LogP contribution in [0, 0.1) is 5.82 Å². The second-order valence-electron chi connectivity index (χ2n) is 5.50. The molecule has 5 nitrogen and oxygen atoms in total. The third-order valence-electron chi connectivity index (χ3n) is 3.84. The number of rotatable bonds is 6. The van der Waals surface area contributed by atoms with Crippen molar-refractivity contribution in [2.75, 3.05) is 0 Å². The molecule has 2 heterocycles. The van der Waals surface area contributed by atoms with E-state index in [1.165, 1.54) is 23.5 Å². The summed E-state index contributed by atoms with van der Waals surface area (Å²) in [4.78, 5) is 17.7. The zero-order chi connectivity index (χ0) is 19.4. The van der Waals surface area contributed by atoms with Gasteiger partial charge in [-0.2, -0.15) is 5.10 Å². The highest BCUT2D eigenvalue weighted by molar-refractivity contribution is 9.11. The molecule has 0 fully saturated rings. The standard InChI is InChI=1S/C19H16BrFN4OS/c1-3-15(18(26)22-9-14-10-23-19(20)27-14)16-11-24-25(17(16)4-2)13-7-5-12(21)6-8-13/h3-8,10-11H,2,9H2,1H3,(H,22,26)/b15-3+. The van der Waals surface area contributed by atoms with Gasteiger partial charge in [-0.25, -0.2) is 14.1 Å². The molecule has 0 saturated heterocycles. The number of hydrogen-bond acceptors (Lipinski definition) is 4. The lowest BCUT2D eigenvalue weighted by atomic mass is 10.1. The minimum atomic E-state index is -0.325. The summed E-state index contributed by atoms with van der Waals surface area (Å²) in [6.07, 6.45) is 6.68. The van der Waals surface area contributed by atoms with Crippen molar-refractivity contribution in [2.24, 2.45) is 0 Å². The van der Waals surface area contributed by atoms with Gasteiger partial charge in [0.25, 0.3) is 5.91 Å². The van der Waals surface area contributed by atoms with Crippen LogP contribution < -0.4 is 5.32 Å². The summed E-state index contributed by atoms with van der Waals surface area (Å²) in [6.45, 7) is 6.01. The van der Waals surface area contributed by atoms with Crippen molar-refractivity contribution in [2.45, 2.75) is 13.5 Å². The summed E-state index contributed by atoms with van der Waals surface area (Å²) in [5, 5.41) is 7.24. The minimum Gasteiger partial charge on any atom is -0.347 e. The first kappa shape index (κ1) is 19.2. The highest BCUT2D eigenvalue weighted by atomic mass is 79.9. The van der Waals surface area contributed by atoms with Gasteiger partial charge in [-0.1, -0.05) is 12.7 Å². The molecule has 0 atom stereocenters. The van der Waals surface area contributed by atoms with Crippen molar-refractivity contribution in [3.63, 3.8) is 0 Å². The Labute approximate surface area is 168 Å². The maximum Gasteiger partial charge on any atom is 0.251 e. The number of allylic oxidation sites excluding steroid dienone is 1. The maximum atomic E-state index is 13.2. The van der Waals surface area contributed by atoms with E-state index in [0.717, 1.165) is 8.79 Å². The van der Waals surface area contributed by atoms with Crippen LogP contribution in [0.2, 0.25) is 0 Å². The van der Waals surface area contributed by atoms with Crippen LogP contribution in [0.4, 0.5) is 4.39 Å². The average molecular weight is 447 g/mol. The summed E-state index contributed by atoms with van der Waals surface area (Å²) < 4.78 is 15.6. The Morgan fingerprint density at radius 2 is 2.11 bits per heavy atom. The number of carbonyl (C=O) groups is 1. The van der Waals surface area contributed by atoms with Gasteiger partial charge in [0, 0.05) is 22.2 Å². The Morgan fingerprint density at radius 3 is 2.70 bits per heavy atom. The first-order valence-electron chi connectivity index (χ1n) is 8.05. The number of amides is 1. The second kappa shape index (κ2) is 8.41. The SMILES string of the molecule is C=Cc1c(/C(=C\C)C(=O)NCc2cnc(Br)s2)cnn1-c1ccc(F)cc1. The molecule has 0 aliphatic heterocycles. The average Bonchev–Trinajstić information content (AvgIpc) is 3.27. The van der Waals surface area contributed by atoms with Gasteiger partial charge in [0.2, 0.25) is 0 Å². The van der Waals surface area contributed by atoms with Gasteiger partial charge in [0.1, 0.15) is 5.82 Å². The van der Waals surface area contributed by atoms with Gasteiger partial charge in [0.15, 0.2) is 3.92 Å². The molecule has 0 unspecified atom stereocenters. The number of carbonyl (C=O) groups excluding carboxylic acids is 1.